The first-order valence-electron chi connectivity index (χ1n) is 10.4. The van der Waals surface area contributed by atoms with Gasteiger partial charge in [-0.25, -0.2) is 4.98 Å². The molecule has 4 rings (SSSR count). The summed E-state index contributed by atoms with van der Waals surface area (Å²) in [6.07, 6.45) is 3.87. The van der Waals surface area contributed by atoms with Crippen LogP contribution in [0, 0.1) is 0 Å². The lowest BCUT2D eigenvalue weighted by atomic mass is 9.91. The lowest BCUT2D eigenvalue weighted by Crippen LogP contribution is -2.42. The summed E-state index contributed by atoms with van der Waals surface area (Å²) in [7, 11) is 1.60. The molecule has 0 saturated heterocycles. The van der Waals surface area contributed by atoms with E-state index in [9.17, 15) is 4.79 Å². The molecule has 156 valence electrons. The lowest BCUT2D eigenvalue weighted by molar-refractivity contribution is -0.124. The summed E-state index contributed by atoms with van der Waals surface area (Å²) >= 11 is 0. The Kier molecular flexibility index (Phi) is 6.32. The average Bonchev–Trinajstić information content (AvgIpc) is 2.79. The van der Waals surface area contributed by atoms with E-state index in [1.165, 1.54) is 0 Å². The number of hydrogen-bond acceptors (Lipinski definition) is 5. The molecule has 6 heteroatoms. The maximum Gasteiger partial charge on any atom is 0.258 e. The summed E-state index contributed by atoms with van der Waals surface area (Å²) in [6.45, 7) is 0.00631. The summed E-state index contributed by atoms with van der Waals surface area (Å²) in [5.41, 5.74) is 1.000. The molecule has 1 amide bonds. The first-order valence-corrected chi connectivity index (χ1v) is 10.4. The van der Waals surface area contributed by atoms with Crippen LogP contribution in [-0.2, 0) is 4.79 Å². The van der Waals surface area contributed by atoms with Gasteiger partial charge >= 0.3 is 0 Å². The molecule has 1 aliphatic rings. The Morgan fingerprint density at radius 3 is 2.57 bits per heavy atom. The van der Waals surface area contributed by atoms with Crippen LogP contribution < -0.4 is 20.1 Å². The third kappa shape index (κ3) is 5.20. The fourth-order valence-electron chi connectivity index (χ4n) is 3.85. The molecule has 1 saturated carbocycles. The standard InChI is InChI=1S/C24H27N3O3/c1-29-20-6-4-7-21(15-20)30-16-24(28)26-19-12-10-18(11-13-19)25-23-14-9-17-5-2-3-8-22(17)27-23/h2-9,14-15,18-19H,10-13,16H2,1H3,(H,25,27)(H,26,28)/t18-,19+. The molecule has 0 atom stereocenters. The van der Waals surface area contributed by atoms with Crippen LogP contribution >= 0.6 is 0 Å². The van der Waals surface area contributed by atoms with Crippen molar-refractivity contribution in [1.82, 2.24) is 10.3 Å². The van der Waals surface area contributed by atoms with Gasteiger partial charge in [-0.05, 0) is 56.0 Å². The number of methoxy groups -OCH3 is 1. The Hall–Kier alpha value is -3.28. The Balaban J connectivity index is 1.21. The van der Waals surface area contributed by atoms with Crippen LogP contribution in [0.4, 0.5) is 5.82 Å². The van der Waals surface area contributed by atoms with Gasteiger partial charge in [-0.15, -0.1) is 0 Å². The second-order valence-electron chi connectivity index (χ2n) is 7.62. The molecule has 1 aromatic heterocycles. The molecule has 0 radical (unpaired) electrons. The molecule has 0 spiro atoms. The molecule has 2 aromatic carbocycles. The molecule has 2 N–H and O–H groups in total. The minimum atomic E-state index is -0.0922. The van der Waals surface area contributed by atoms with Gasteiger partial charge in [0.2, 0.25) is 0 Å². The van der Waals surface area contributed by atoms with Gasteiger partial charge in [0.1, 0.15) is 17.3 Å². The number of nitrogens with zero attached hydrogens (tertiary/aromatic N) is 1. The van der Waals surface area contributed by atoms with E-state index >= 15 is 0 Å². The predicted octanol–water partition coefficient (Wildman–Crippen LogP) is 4.16. The normalized spacial score (nSPS) is 18.6. The highest BCUT2D eigenvalue weighted by Gasteiger charge is 2.22. The van der Waals surface area contributed by atoms with Crippen LogP contribution in [0.1, 0.15) is 25.7 Å². The fraction of sp³-hybridized carbons (Fsp3) is 0.333. The molecular weight excluding hydrogens is 378 g/mol. The minimum absolute atomic E-state index is 0.00631. The molecule has 6 nitrogen and oxygen atoms in total. The van der Waals surface area contributed by atoms with Gasteiger partial charge in [0.05, 0.1) is 12.6 Å². The van der Waals surface area contributed by atoms with Crippen molar-refractivity contribution in [2.24, 2.45) is 0 Å². The van der Waals surface area contributed by atoms with Gasteiger partial charge in [0, 0.05) is 23.5 Å². The number of pyridine rings is 1. The van der Waals surface area contributed by atoms with Gasteiger partial charge < -0.3 is 20.1 Å². The topological polar surface area (TPSA) is 72.5 Å². The molecule has 30 heavy (non-hydrogen) atoms. The van der Waals surface area contributed by atoms with E-state index < -0.39 is 0 Å². The molecule has 0 aliphatic heterocycles. The van der Waals surface area contributed by atoms with Crippen LogP contribution in [0.2, 0.25) is 0 Å². The van der Waals surface area contributed by atoms with E-state index in [1.807, 2.05) is 42.5 Å². The smallest absolute Gasteiger partial charge is 0.258 e. The number of carbonyl (C=O) groups is 1. The fourth-order valence-corrected chi connectivity index (χ4v) is 3.85. The first-order chi connectivity index (χ1) is 14.7. The third-order valence-corrected chi connectivity index (χ3v) is 5.45. The molecule has 0 bridgehead atoms. The molecule has 0 unspecified atom stereocenters. The van der Waals surface area contributed by atoms with Crippen LogP contribution in [0.3, 0.4) is 0 Å². The van der Waals surface area contributed by atoms with Gasteiger partial charge in [-0.3, -0.25) is 4.79 Å². The zero-order chi connectivity index (χ0) is 20.8. The van der Waals surface area contributed by atoms with Crippen molar-refractivity contribution in [3.8, 4) is 11.5 Å². The van der Waals surface area contributed by atoms with Crippen molar-refractivity contribution >= 4 is 22.6 Å². The number of rotatable bonds is 7. The zero-order valence-electron chi connectivity index (χ0n) is 17.1. The Bertz CT molecular complexity index is 1000. The summed E-state index contributed by atoms with van der Waals surface area (Å²) in [6, 6.07) is 20.1. The number of amides is 1. The number of aromatic nitrogens is 1. The van der Waals surface area contributed by atoms with Crippen molar-refractivity contribution < 1.29 is 14.3 Å². The van der Waals surface area contributed by atoms with E-state index in [4.69, 9.17) is 14.5 Å². The van der Waals surface area contributed by atoms with Gasteiger partial charge in [0.15, 0.2) is 6.61 Å². The largest absolute Gasteiger partial charge is 0.497 e. The summed E-state index contributed by atoms with van der Waals surface area (Å²) in [5.74, 6) is 2.15. The maximum absolute atomic E-state index is 12.2. The summed E-state index contributed by atoms with van der Waals surface area (Å²) in [5, 5.41) is 7.78. The van der Waals surface area contributed by atoms with Crippen molar-refractivity contribution in [2.75, 3.05) is 19.0 Å². The molecule has 1 aliphatic carbocycles. The van der Waals surface area contributed by atoms with Crippen LogP contribution in [0.25, 0.3) is 10.9 Å². The summed E-state index contributed by atoms with van der Waals surface area (Å²) in [4.78, 5) is 16.9. The van der Waals surface area contributed by atoms with E-state index in [0.717, 1.165) is 42.4 Å². The van der Waals surface area contributed by atoms with Gasteiger partial charge in [-0.2, -0.15) is 0 Å². The SMILES string of the molecule is COc1cccc(OCC(=O)N[C@H]2CC[C@@H](Nc3ccc4ccccc4n3)CC2)c1. The quantitative estimate of drug-likeness (QED) is 0.617. The van der Waals surface area contributed by atoms with E-state index in [-0.39, 0.29) is 18.6 Å². The second kappa shape index (κ2) is 9.48. The number of anilines is 1. The minimum Gasteiger partial charge on any atom is -0.497 e. The molecule has 1 heterocycles. The van der Waals surface area contributed by atoms with Crippen molar-refractivity contribution in [1.29, 1.82) is 0 Å². The lowest BCUT2D eigenvalue weighted by Gasteiger charge is -2.30. The number of fused-ring (bicyclic) bond motifs is 1. The van der Waals surface area contributed by atoms with Crippen LogP contribution in [-0.4, -0.2) is 36.7 Å². The number of ether oxygens (including phenoxy) is 2. The maximum atomic E-state index is 12.2. The molecule has 3 aromatic rings. The number of nitrogens with one attached hydrogen (secondary N) is 2. The number of carbonyl (C=O) groups excluding carboxylic acids is 1. The Morgan fingerprint density at radius 2 is 1.73 bits per heavy atom. The highest BCUT2D eigenvalue weighted by Crippen LogP contribution is 2.23. The monoisotopic (exact) mass is 405 g/mol. The van der Waals surface area contributed by atoms with Gasteiger partial charge in [0.25, 0.3) is 5.91 Å². The number of benzene rings is 2. The number of para-hydroxylation sites is 1. The first kappa shape index (κ1) is 20.0. The predicted molar refractivity (Wildman–Crippen MR) is 118 cm³/mol. The average molecular weight is 405 g/mol. The highest BCUT2D eigenvalue weighted by atomic mass is 16.5. The Labute approximate surface area is 176 Å². The van der Waals surface area contributed by atoms with Gasteiger partial charge in [-0.1, -0.05) is 24.3 Å². The molecule has 1 fully saturated rings. The van der Waals surface area contributed by atoms with Crippen LogP contribution in [0.15, 0.2) is 60.7 Å². The van der Waals surface area contributed by atoms with E-state index in [1.54, 1.807) is 13.2 Å². The third-order valence-electron chi connectivity index (χ3n) is 5.45. The highest BCUT2D eigenvalue weighted by molar-refractivity contribution is 5.80. The van der Waals surface area contributed by atoms with Crippen LogP contribution in [0.5, 0.6) is 11.5 Å². The summed E-state index contributed by atoms with van der Waals surface area (Å²) < 4.78 is 10.7. The number of hydrogen-bond donors (Lipinski definition) is 2. The molecular formula is C24H27N3O3. The van der Waals surface area contributed by atoms with E-state index in [0.29, 0.717) is 17.5 Å². The van der Waals surface area contributed by atoms with Crippen molar-refractivity contribution in [3.05, 3.63) is 60.7 Å². The van der Waals surface area contributed by atoms with Crippen molar-refractivity contribution in [3.63, 3.8) is 0 Å². The van der Waals surface area contributed by atoms with Crippen molar-refractivity contribution in [2.45, 2.75) is 37.8 Å². The zero-order valence-corrected chi connectivity index (χ0v) is 17.1. The second-order valence-corrected chi connectivity index (χ2v) is 7.62. The Morgan fingerprint density at radius 1 is 0.967 bits per heavy atom. The van der Waals surface area contributed by atoms with E-state index in [2.05, 4.69) is 22.8 Å².